The predicted octanol–water partition coefficient (Wildman–Crippen LogP) is 3.84. The van der Waals surface area contributed by atoms with E-state index in [9.17, 15) is 0 Å². The molecule has 1 saturated heterocycles. The standard InChI is InChI=1S/C16H19ClO3/c1-16(2)19-13-6-5-12(15(13)20-16)14-11-4-3-10(17)7-9(11)8-18-14/h3-4,7,12-15H,5-6,8H2,1-2H3. The van der Waals surface area contributed by atoms with Gasteiger partial charge in [0.15, 0.2) is 5.79 Å². The molecule has 1 aliphatic carbocycles. The van der Waals surface area contributed by atoms with Crippen LogP contribution in [-0.4, -0.2) is 18.0 Å². The van der Waals surface area contributed by atoms with Crippen molar-refractivity contribution in [1.82, 2.24) is 0 Å². The van der Waals surface area contributed by atoms with Gasteiger partial charge in [-0.25, -0.2) is 0 Å². The Morgan fingerprint density at radius 1 is 1.20 bits per heavy atom. The Bertz CT molecular complexity index is 543. The Morgan fingerprint density at radius 3 is 2.90 bits per heavy atom. The zero-order chi connectivity index (χ0) is 13.9. The molecule has 0 aromatic heterocycles. The van der Waals surface area contributed by atoms with Crippen LogP contribution >= 0.6 is 11.6 Å². The van der Waals surface area contributed by atoms with Crippen LogP contribution in [-0.2, 0) is 20.8 Å². The molecule has 1 aromatic rings. The Morgan fingerprint density at radius 2 is 2.05 bits per heavy atom. The van der Waals surface area contributed by atoms with Gasteiger partial charge in [0.25, 0.3) is 0 Å². The molecule has 0 N–H and O–H groups in total. The van der Waals surface area contributed by atoms with Crippen LogP contribution in [0.4, 0.5) is 0 Å². The first-order valence-electron chi connectivity index (χ1n) is 7.29. The number of halogens is 1. The molecule has 2 aliphatic heterocycles. The summed E-state index contributed by atoms with van der Waals surface area (Å²) in [5.41, 5.74) is 2.48. The summed E-state index contributed by atoms with van der Waals surface area (Å²) in [6, 6.07) is 6.06. The third kappa shape index (κ3) is 2.00. The lowest BCUT2D eigenvalue weighted by Crippen LogP contribution is -2.28. The molecule has 2 heterocycles. The number of benzene rings is 1. The lowest BCUT2D eigenvalue weighted by Gasteiger charge is -2.26. The maximum absolute atomic E-state index is 6.11. The summed E-state index contributed by atoms with van der Waals surface area (Å²) in [7, 11) is 0. The zero-order valence-electron chi connectivity index (χ0n) is 11.8. The highest BCUT2D eigenvalue weighted by atomic mass is 35.5. The lowest BCUT2D eigenvalue weighted by atomic mass is 9.91. The van der Waals surface area contributed by atoms with Gasteiger partial charge in [-0.1, -0.05) is 17.7 Å². The largest absolute Gasteiger partial charge is 0.368 e. The van der Waals surface area contributed by atoms with Crippen molar-refractivity contribution in [2.45, 2.75) is 57.4 Å². The maximum Gasteiger partial charge on any atom is 0.163 e. The minimum absolute atomic E-state index is 0.120. The maximum atomic E-state index is 6.11. The van der Waals surface area contributed by atoms with Crippen molar-refractivity contribution in [2.75, 3.05) is 0 Å². The molecule has 108 valence electrons. The second-order valence-electron chi connectivity index (χ2n) is 6.45. The van der Waals surface area contributed by atoms with E-state index in [1.54, 1.807) is 0 Å². The molecule has 4 rings (SSSR count). The minimum Gasteiger partial charge on any atom is -0.368 e. The van der Waals surface area contributed by atoms with Crippen LogP contribution in [0.15, 0.2) is 18.2 Å². The first kappa shape index (κ1) is 13.1. The summed E-state index contributed by atoms with van der Waals surface area (Å²) in [6.07, 6.45) is 2.64. The van der Waals surface area contributed by atoms with E-state index in [2.05, 4.69) is 6.07 Å². The fourth-order valence-electron chi connectivity index (χ4n) is 3.89. The molecular weight excluding hydrogens is 276 g/mol. The molecule has 4 heteroatoms. The second kappa shape index (κ2) is 4.44. The average Bonchev–Trinajstić information content (AvgIpc) is 3.00. The van der Waals surface area contributed by atoms with E-state index in [1.165, 1.54) is 11.1 Å². The van der Waals surface area contributed by atoms with E-state index in [0.717, 1.165) is 17.9 Å². The van der Waals surface area contributed by atoms with Gasteiger partial charge < -0.3 is 14.2 Å². The van der Waals surface area contributed by atoms with Gasteiger partial charge in [0.2, 0.25) is 0 Å². The third-order valence-corrected chi connectivity index (χ3v) is 4.88. The van der Waals surface area contributed by atoms with Crippen molar-refractivity contribution in [3.05, 3.63) is 34.3 Å². The Hall–Kier alpha value is -0.610. The van der Waals surface area contributed by atoms with E-state index in [0.29, 0.717) is 12.5 Å². The molecule has 1 saturated carbocycles. The van der Waals surface area contributed by atoms with E-state index < -0.39 is 5.79 Å². The molecule has 0 spiro atoms. The molecule has 0 bridgehead atoms. The first-order chi connectivity index (χ1) is 9.53. The molecule has 4 unspecified atom stereocenters. The highest BCUT2D eigenvalue weighted by Gasteiger charge is 2.52. The first-order valence-corrected chi connectivity index (χ1v) is 7.67. The molecule has 20 heavy (non-hydrogen) atoms. The smallest absolute Gasteiger partial charge is 0.163 e. The minimum atomic E-state index is -0.463. The van der Waals surface area contributed by atoms with Gasteiger partial charge >= 0.3 is 0 Å². The number of rotatable bonds is 1. The topological polar surface area (TPSA) is 27.7 Å². The summed E-state index contributed by atoms with van der Waals surface area (Å²) in [5.74, 6) is -0.0840. The summed E-state index contributed by atoms with van der Waals surface area (Å²) in [4.78, 5) is 0. The molecule has 0 amide bonds. The van der Waals surface area contributed by atoms with Crippen molar-refractivity contribution in [3.63, 3.8) is 0 Å². The van der Waals surface area contributed by atoms with Gasteiger partial charge in [0.05, 0.1) is 24.9 Å². The zero-order valence-corrected chi connectivity index (χ0v) is 12.5. The van der Waals surface area contributed by atoms with Crippen molar-refractivity contribution >= 4 is 11.6 Å². The van der Waals surface area contributed by atoms with Crippen LogP contribution in [0.5, 0.6) is 0 Å². The number of hydrogen-bond donors (Lipinski definition) is 0. The van der Waals surface area contributed by atoms with Crippen molar-refractivity contribution < 1.29 is 14.2 Å². The monoisotopic (exact) mass is 294 g/mol. The Labute approximate surface area is 124 Å². The highest BCUT2D eigenvalue weighted by molar-refractivity contribution is 6.30. The van der Waals surface area contributed by atoms with Crippen molar-refractivity contribution in [3.8, 4) is 0 Å². The lowest BCUT2D eigenvalue weighted by molar-refractivity contribution is -0.162. The van der Waals surface area contributed by atoms with Crippen LogP contribution in [0.25, 0.3) is 0 Å². The van der Waals surface area contributed by atoms with Crippen LogP contribution in [0, 0.1) is 5.92 Å². The van der Waals surface area contributed by atoms with Crippen molar-refractivity contribution in [2.24, 2.45) is 5.92 Å². The van der Waals surface area contributed by atoms with Gasteiger partial charge in [-0.05, 0) is 49.9 Å². The predicted molar refractivity (Wildman–Crippen MR) is 75.5 cm³/mol. The van der Waals surface area contributed by atoms with Crippen LogP contribution in [0.1, 0.15) is 43.9 Å². The quantitative estimate of drug-likeness (QED) is 0.787. The summed E-state index contributed by atoms with van der Waals surface area (Å²) < 4.78 is 18.1. The number of fused-ring (bicyclic) bond motifs is 2. The Balaban J connectivity index is 1.61. The van der Waals surface area contributed by atoms with E-state index in [1.807, 2.05) is 26.0 Å². The molecule has 1 aromatic carbocycles. The fraction of sp³-hybridized carbons (Fsp3) is 0.625. The number of ether oxygens (including phenoxy) is 3. The van der Waals surface area contributed by atoms with Crippen LogP contribution in [0.3, 0.4) is 0 Å². The van der Waals surface area contributed by atoms with Crippen molar-refractivity contribution in [1.29, 1.82) is 0 Å². The molecule has 2 fully saturated rings. The summed E-state index contributed by atoms with van der Waals surface area (Å²) in [6.45, 7) is 4.63. The highest BCUT2D eigenvalue weighted by Crippen LogP contribution is 2.49. The second-order valence-corrected chi connectivity index (χ2v) is 6.89. The Kier molecular flexibility index (Phi) is 2.90. The third-order valence-electron chi connectivity index (χ3n) is 4.65. The van der Waals surface area contributed by atoms with E-state index >= 15 is 0 Å². The molecule has 4 atom stereocenters. The SMILES string of the molecule is CC1(C)OC2CCC(C3OCc4cc(Cl)ccc43)C2O1. The van der Waals surface area contributed by atoms with Gasteiger partial charge in [-0.2, -0.15) is 0 Å². The normalized spacial score (nSPS) is 38.0. The molecule has 3 aliphatic rings. The summed E-state index contributed by atoms with van der Waals surface area (Å²) in [5, 5.41) is 0.777. The summed E-state index contributed by atoms with van der Waals surface area (Å²) >= 11 is 6.06. The number of hydrogen-bond acceptors (Lipinski definition) is 3. The van der Waals surface area contributed by atoms with E-state index in [4.69, 9.17) is 25.8 Å². The van der Waals surface area contributed by atoms with Crippen LogP contribution < -0.4 is 0 Å². The molecular formula is C16H19ClO3. The van der Waals surface area contributed by atoms with Gasteiger partial charge in [-0.15, -0.1) is 0 Å². The molecule has 0 radical (unpaired) electrons. The van der Waals surface area contributed by atoms with Gasteiger partial charge in [0.1, 0.15) is 0 Å². The van der Waals surface area contributed by atoms with Gasteiger partial charge in [-0.3, -0.25) is 0 Å². The van der Waals surface area contributed by atoms with E-state index in [-0.39, 0.29) is 18.3 Å². The van der Waals surface area contributed by atoms with Crippen LogP contribution in [0.2, 0.25) is 5.02 Å². The fourth-order valence-corrected chi connectivity index (χ4v) is 4.09. The molecule has 3 nitrogen and oxygen atoms in total. The average molecular weight is 295 g/mol. The van der Waals surface area contributed by atoms with Gasteiger partial charge in [0, 0.05) is 10.9 Å².